The standard InChI is InChI=1S/C29H31FN4O9/c1-13-18(25(28(40)41)34-20(13)9-24(34)36)12-43-29(42)32-6-5-31(11-23(32)14(2)35)22-8-21-16(7-19(22)30)26(37)17(27(38)39)10-33(21)15-3-4-15/h7-8,10,13-15,20,23,35H,3-6,9,11-12H2,1-2H3,(H,38,39)(H,40,41)/t13?,14-,20?,23?/m1/s1. The molecule has 4 atom stereocenters. The third-order valence-electron chi connectivity index (χ3n) is 9.03. The number of carbonyl (C=O) groups excluding carboxylic acids is 2. The number of pyridine rings is 1. The number of aromatic carboxylic acids is 1. The molecule has 43 heavy (non-hydrogen) atoms. The predicted molar refractivity (Wildman–Crippen MR) is 148 cm³/mol. The molecule has 3 unspecified atom stereocenters. The fraction of sp³-hybridized carbons (Fsp3) is 0.483. The van der Waals surface area contributed by atoms with Gasteiger partial charge in [-0.3, -0.25) is 14.5 Å². The van der Waals surface area contributed by atoms with Gasteiger partial charge in [-0.2, -0.15) is 0 Å². The summed E-state index contributed by atoms with van der Waals surface area (Å²) in [6.45, 7) is 3.18. The Morgan fingerprint density at radius 2 is 1.84 bits per heavy atom. The van der Waals surface area contributed by atoms with Gasteiger partial charge in [0.05, 0.1) is 29.4 Å². The number of amides is 2. The van der Waals surface area contributed by atoms with Crippen LogP contribution in [-0.4, -0.2) is 98.1 Å². The number of aliphatic hydroxyl groups is 1. The van der Waals surface area contributed by atoms with E-state index in [1.165, 1.54) is 29.0 Å². The van der Waals surface area contributed by atoms with Crippen molar-refractivity contribution in [1.82, 2.24) is 14.4 Å². The molecular formula is C29H31FN4O9. The number of aliphatic carboxylic acids is 1. The maximum Gasteiger partial charge on any atom is 0.410 e. The Hall–Kier alpha value is -4.46. The lowest BCUT2D eigenvalue weighted by molar-refractivity contribution is -0.148. The quantitative estimate of drug-likeness (QED) is 0.399. The van der Waals surface area contributed by atoms with Crippen molar-refractivity contribution in [3.63, 3.8) is 0 Å². The number of β-lactam (4-membered cyclic amide) rings is 1. The van der Waals surface area contributed by atoms with Gasteiger partial charge < -0.3 is 34.4 Å². The van der Waals surface area contributed by atoms with Crippen LogP contribution in [0.5, 0.6) is 0 Å². The van der Waals surface area contributed by atoms with Gasteiger partial charge in [-0.25, -0.2) is 18.8 Å². The molecule has 0 radical (unpaired) electrons. The van der Waals surface area contributed by atoms with Crippen LogP contribution in [0.1, 0.15) is 49.5 Å². The molecule has 14 heteroatoms. The molecule has 2 saturated heterocycles. The van der Waals surface area contributed by atoms with Crippen LogP contribution in [0.15, 0.2) is 34.4 Å². The molecule has 3 fully saturated rings. The number of rotatable bonds is 7. The van der Waals surface area contributed by atoms with E-state index in [4.69, 9.17) is 4.74 Å². The topological polar surface area (TPSA) is 170 Å². The van der Waals surface area contributed by atoms with Gasteiger partial charge in [-0.05, 0) is 31.9 Å². The summed E-state index contributed by atoms with van der Waals surface area (Å²) in [6, 6.07) is 1.47. The number of carboxylic acids is 2. The van der Waals surface area contributed by atoms with Crippen molar-refractivity contribution in [2.45, 2.75) is 57.3 Å². The maximum atomic E-state index is 15.5. The lowest BCUT2D eigenvalue weighted by atomic mass is 9.90. The lowest BCUT2D eigenvalue weighted by Gasteiger charge is -2.43. The first-order chi connectivity index (χ1) is 20.4. The summed E-state index contributed by atoms with van der Waals surface area (Å²) in [5, 5.41) is 29.7. The second-order valence-electron chi connectivity index (χ2n) is 11.6. The Labute approximate surface area is 244 Å². The summed E-state index contributed by atoms with van der Waals surface area (Å²) >= 11 is 0. The van der Waals surface area contributed by atoms with Crippen molar-refractivity contribution < 1.29 is 43.6 Å². The second-order valence-corrected chi connectivity index (χ2v) is 11.6. The summed E-state index contributed by atoms with van der Waals surface area (Å²) in [5.41, 5.74) is -0.469. The number of nitrogens with zero attached hydrogens (tertiary/aromatic N) is 4. The Kier molecular flexibility index (Phi) is 6.91. The van der Waals surface area contributed by atoms with Crippen LogP contribution in [0.25, 0.3) is 10.9 Å². The normalized spacial score (nSPS) is 24.2. The summed E-state index contributed by atoms with van der Waals surface area (Å²) in [6.07, 6.45) is 1.30. The highest BCUT2D eigenvalue weighted by molar-refractivity contribution is 5.98. The number of fused-ring (bicyclic) bond motifs is 2. The Bertz CT molecular complexity index is 1660. The van der Waals surface area contributed by atoms with E-state index in [0.717, 1.165) is 18.9 Å². The number of anilines is 1. The SMILES string of the molecule is CC1C(COC(=O)N2CCN(c3cc4c(cc3F)c(=O)c(C(=O)O)cn4C3CC3)CC2[C@@H](C)O)=C(C(=O)O)N2C(=O)CC12. The highest BCUT2D eigenvalue weighted by Crippen LogP contribution is 2.43. The van der Waals surface area contributed by atoms with Crippen molar-refractivity contribution in [2.75, 3.05) is 31.1 Å². The second kappa shape index (κ2) is 10.4. The number of ether oxygens (including phenoxy) is 1. The number of carbonyl (C=O) groups is 4. The summed E-state index contributed by atoms with van der Waals surface area (Å²) in [7, 11) is 0. The first-order valence-electron chi connectivity index (χ1n) is 14.2. The minimum Gasteiger partial charge on any atom is -0.477 e. The number of hydrogen-bond acceptors (Lipinski definition) is 8. The lowest BCUT2D eigenvalue weighted by Crippen LogP contribution is -2.59. The van der Waals surface area contributed by atoms with E-state index < -0.39 is 47.0 Å². The van der Waals surface area contributed by atoms with Crippen molar-refractivity contribution in [2.24, 2.45) is 5.92 Å². The van der Waals surface area contributed by atoms with Crippen LogP contribution in [0, 0.1) is 11.7 Å². The minimum atomic E-state index is -1.38. The molecule has 6 rings (SSSR count). The van der Waals surface area contributed by atoms with Gasteiger partial charge in [0, 0.05) is 55.2 Å². The molecule has 13 nitrogen and oxygen atoms in total. The third-order valence-corrected chi connectivity index (χ3v) is 9.03. The van der Waals surface area contributed by atoms with Gasteiger partial charge in [-0.1, -0.05) is 6.92 Å². The van der Waals surface area contributed by atoms with Crippen LogP contribution in [0.4, 0.5) is 14.9 Å². The van der Waals surface area contributed by atoms with Crippen LogP contribution in [0.3, 0.4) is 0 Å². The molecule has 2 amide bonds. The molecule has 3 aliphatic heterocycles. The van der Waals surface area contributed by atoms with Crippen molar-refractivity contribution in [1.29, 1.82) is 0 Å². The summed E-state index contributed by atoms with van der Waals surface area (Å²) < 4.78 is 22.7. The van der Waals surface area contributed by atoms with Gasteiger partial charge in [0.2, 0.25) is 11.3 Å². The Morgan fingerprint density at radius 3 is 2.44 bits per heavy atom. The molecule has 3 N–H and O–H groups in total. The molecule has 4 aliphatic rings. The van der Waals surface area contributed by atoms with Crippen LogP contribution in [0.2, 0.25) is 0 Å². The highest BCUT2D eigenvalue weighted by atomic mass is 19.1. The zero-order valence-electron chi connectivity index (χ0n) is 23.5. The average Bonchev–Trinajstić information content (AvgIpc) is 3.76. The third kappa shape index (κ3) is 4.69. The zero-order valence-corrected chi connectivity index (χ0v) is 23.5. The van der Waals surface area contributed by atoms with E-state index in [1.54, 1.807) is 16.4 Å². The van der Waals surface area contributed by atoms with Crippen molar-refractivity contribution >= 4 is 40.5 Å². The van der Waals surface area contributed by atoms with E-state index in [1.807, 2.05) is 0 Å². The van der Waals surface area contributed by atoms with E-state index in [-0.39, 0.29) is 73.3 Å². The van der Waals surface area contributed by atoms with Crippen molar-refractivity contribution in [3.8, 4) is 0 Å². The molecule has 1 aliphatic carbocycles. The molecule has 4 heterocycles. The number of aromatic nitrogens is 1. The first kappa shape index (κ1) is 28.6. The Morgan fingerprint density at radius 1 is 1.12 bits per heavy atom. The monoisotopic (exact) mass is 598 g/mol. The largest absolute Gasteiger partial charge is 0.477 e. The van der Waals surface area contributed by atoms with Crippen LogP contribution >= 0.6 is 0 Å². The zero-order chi connectivity index (χ0) is 30.9. The molecule has 1 aromatic heterocycles. The first-order valence-corrected chi connectivity index (χ1v) is 14.2. The van der Waals surface area contributed by atoms with Gasteiger partial charge in [-0.15, -0.1) is 0 Å². The van der Waals surface area contributed by atoms with E-state index in [9.17, 15) is 39.3 Å². The van der Waals surface area contributed by atoms with E-state index in [0.29, 0.717) is 11.1 Å². The van der Waals surface area contributed by atoms with Gasteiger partial charge in [0.25, 0.3) is 0 Å². The Balaban J connectivity index is 1.23. The van der Waals surface area contributed by atoms with Crippen LogP contribution in [-0.2, 0) is 14.3 Å². The van der Waals surface area contributed by atoms with E-state index >= 15 is 4.39 Å². The molecule has 1 saturated carbocycles. The molecule has 228 valence electrons. The minimum absolute atomic E-state index is 0.000740. The molecule has 2 aromatic rings. The fourth-order valence-corrected chi connectivity index (χ4v) is 6.47. The number of carboxylic acid groups (broad SMARTS) is 2. The summed E-state index contributed by atoms with van der Waals surface area (Å²) in [4.78, 5) is 65.7. The molecule has 0 bridgehead atoms. The smallest absolute Gasteiger partial charge is 0.410 e. The number of piperazine rings is 1. The van der Waals surface area contributed by atoms with Gasteiger partial charge in [0.15, 0.2) is 0 Å². The maximum absolute atomic E-state index is 15.5. The molecule has 0 spiro atoms. The number of hydrogen-bond donors (Lipinski definition) is 3. The summed E-state index contributed by atoms with van der Waals surface area (Å²) in [5.74, 6) is -3.98. The fourth-order valence-electron chi connectivity index (χ4n) is 6.47. The highest BCUT2D eigenvalue weighted by Gasteiger charge is 2.52. The number of aliphatic hydroxyl groups excluding tert-OH is 1. The number of halogens is 1. The number of benzene rings is 1. The molecule has 1 aromatic carbocycles. The average molecular weight is 599 g/mol. The molecular weight excluding hydrogens is 567 g/mol. The van der Waals surface area contributed by atoms with E-state index in [2.05, 4.69) is 0 Å². The van der Waals surface area contributed by atoms with Crippen molar-refractivity contribution in [3.05, 3.63) is 51.2 Å². The predicted octanol–water partition coefficient (Wildman–Crippen LogP) is 1.77. The van der Waals surface area contributed by atoms with Crippen LogP contribution < -0.4 is 10.3 Å². The van der Waals surface area contributed by atoms with Gasteiger partial charge in [0.1, 0.15) is 23.7 Å². The van der Waals surface area contributed by atoms with Gasteiger partial charge >= 0.3 is 18.0 Å².